The molecule has 7 heteroatoms. The molecule has 0 unspecified atom stereocenters. The van der Waals surface area contributed by atoms with Crippen LogP contribution < -0.4 is 5.32 Å². The van der Waals surface area contributed by atoms with Gasteiger partial charge in [0.2, 0.25) is 0 Å². The summed E-state index contributed by atoms with van der Waals surface area (Å²) in [6.45, 7) is 1.40. The molecule has 2 saturated carbocycles. The lowest BCUT2D eigenvalue weighted by Gasteiger charge is -2.28. The third-order valence-electron chi connectivity index (χ3n) is 6.51. The summed E-state index contributed by atoms with van der Waals surface area (Å²) in [4.78, 5) is 38.4. The summed E-state index contributed by atoms with van der Waals surface area (Å²) in [7, 11) is 0. The fourth-order valence-electron chi connectivity index (χ4n) is 5.01. The number of halogens is 2. The molecule has 0 aromatic heterocycles. The maximum atomic E-state index is 13.1. The molecule has 5 nitrogen and oxygen atoms in total. The minimum atomic E-state index is -0.483. The fourth-order valence-corrected chi connectivity index (χ4v) is 5.60. The number of esters is 1. The summed E-state index contributed by atoms with van der Waals surface area (Å²) in [5, 5.41) is 3.24. The lowest BCUT2D eigenvalue weighted by Crippen LogP contribution is -2.37. The number of Topliss-reactive ketones (excluding diaryl/α,β-unsaturated/α-hetero) is 1. The van der Waals surface area contributed by atoms with E-state index in [1.54, 1.807) is 31.2 Å². The molecule has 0 aliphatic heterocycles. The summed E-state index contributed by atoms with van der Waals surface area (Å²) in [6, 6.07) is 12.6. The van der Waals surface area contributed by atoms with Gasteiger partial charge in [0.25, 0.3) is 5.91 Å². The Hall–Kier alpha value is -2.18. The molecule has 162 valence electrons. The molecule has 2 aliphatic carbocycles. The number of carbonyl (C=O) groups excluding carboxylic acids is 3. The second-order valence-corrected chi connectivity index (χ2v) is 9.54. The number of fused-ring (bicyclic) bond motifs is 2. The molecule has 2 aliphatic rings. The number of nitrogens with one attached hydrogen (secondary N) is 1. The molecule has 1 amide bonds. The number of benzene rings is 2. The maximum absolute atomic E-state index is 13.1. The van der Waals surface area contributed by atoms with Crippen molar-refractivity contribution in [3.63, 3.8) is 0 Å². The van der Waals surface area contributed by atoms with Crippen LogP contribution in [-0.4, -0.2) is 24.3 Å². The largest absolute Gasteiger partial charge is 0.455 e. The number of carbonyl (C=O) groups is 3. The zero-order chi connectivity index (χ0) is 22.1. The molecule has 1 N–H and O–H groups in total. The van der Waals surface area contributed by atoms with Crippen molar-refractivity contribution < 1.29 is 19.1 Å². The van der Waals surface area contributed by atoms with Crippen molar-refractivity contribution in [2.24, 2.45) is 23.7 Å². The highest BCUT2D eigenvalue weighted by molar-refractivity contribution is 9.10. The molecule has 31 heavy (non-hydrogen) atoms. The number of ketones is 1. The van der Waals surface area contributed by atoms with Gasteiger partial charge in [-0.1, -0.05) is 41.9 Å². The molecule has 0 spiro atoms. The van der Waals surface area contributed by atoms with Crippen molar-refractivity contribution in [3.05, 3.63) is 63.1 Å². The number of anilines is 1. The van der Waals surface area contributed by atoms with Gasteiger partial charge < -0.3 is 10.1 Å². The Kier molecular flexibility index (Phi) is 6.49. The van der Waals surface area contributed by atoms with Crippen LogP contribution in [0.15, 0.2) is 46.9 Å². The normalized spacial score (nSPS) is 24.1. The predicted molar refractivity (Wildman–Crippen MR) is 122 cm³/mol. The Morgan fingerprint density at radius 2 is 1.74 bits per heavy atom. The molecule has 0 saturated heterocycles. The van der Waals surface area contributed by atoms with Gasteiger partial charge in [0.1, 0.15) is 0 Å². The van der Waals surface area contributed by atoms with Gasteiger partial charge >= 0.3 is 5.97 Å². The van der Waals surface area contributed by atoms with Gasteiger partial charge in [-0.25, -0.2) is 0 Å². The van der Waals surface area contributed by atoms with Crippen molar-refractivity contribution in [2.45, 2.75) is 26.2 Å². The van der Waals surface area contributed by atoms with Gasteiger partial charge in [-0.15, -0.1) is 0 Å². The van der Waals surface area contributed by atoms with Crippen LogP contribution in [0.1, 0.15) is 35.2 Å². The van der Waals surface area contributed by atoms with Crippen LogP contribution in [0.5, 0.6) is 0 Å². The van der Waals surface area contributed by atoms with Gasteiger partial charge in [0.15, 0.2) is 12.4 Å². The standard InChI is InChI=1S/C24H23BrClNO4/c1-13-18(10-9-17(25)22(13)26)27-19(28)12-31-24(30)21-16-8-7-15(11-16)20(21)23(29)14-5-3-2-4-6-14/h2-6,9-10,15-16,20-21H,7-8,11-12H2,1H3,(H,27,28)/t15-,16-,20-,21+/m0/s1. The zero-order valence-electron chi connectivity index (χ0n) is 17.1. The summed E-state index contributed by atoms with van der Waals surface area (Å²) in [5.41, 5.74) is 1.90. The smallest absolute Gasteiger partial charge is 0.310 e. The van der Waals surface area contributed by atoms with E-state index in [0.717, 1.165) is 29.3 Å². The van der Waals surface area contributed by atoms with E-state index in [1.165, 1.54) is 0 Å². The highest BCUT2D eigenvalue weighted by Crippen LogP contribution is 2.53. The van der Waals surface area contributed by atoms with Gasteiger partial charge in [0.05, 0.1) is 10.9 Å². The second kappa shape index (κ2) is 9.13. The predicted octanol–water partition coefficient (Wildman–Crippen LogP) is 5.44. The Morgan fingerprint density at radius 1 is 1.06 bits per heavy atom. The first-order valence-corrected chi connectivity index (χ1v) is 11.5. The molecule has 4 rings (SSSR count). The Balaban J connectivity index is 1.41. The maximum Gasteiger partial charge on any atom is 0.310 e. The quantitative estimate of drug-likeness (QED) is 0.420. The summed E-state index contributed by atoms with van der Waals surface area (Å²) >= 11 is 9.54. The van der Waals surface area contributed by atoms with E-state index in [1.807, 2.05) is 18.2 Å². The molecule has 2 fully saturated rings. The SMILES string of the molecule is Cc1c(NC(=O)COC(=O)[C@@H]2[C@H]3CC[C@@H](C3)[C@@H]2C(=O)c2ccccc2)ccc(Br)c1Cl. The Bertz CT molecular complexity index is 1030. The molecule has 0 radical (unpaired) electrons. The topological polar surface area (TPSA) is 72.5 Å². The van der Waals surface area contributed by atoms with Gasteiger partial charge in [-0.2, -0.15) is 0 Å². The van der Waals surface area contributed by atoms with Gasteiger partial charge in [-0.3, -0.25) is 14.4 Å². The monoisotopic (exact) mass is 503 g/mol. The second-order valence-electron chi connectivity index (χ2n) is 8.30. The minimum Gasteiger partial charge on any atom is -0.455 e. The van der Waals surface area contributed by atoms with Crippen LogP contribution >= 0.6 is 27.5 Å². The first kappa shape index (κ1) is 22.0. The van der Waals surface area contributed by atoms with E-state index >= 15 is 0 Å². The van der Waals surface area contributed by atoms with Crippen LogP contribution in [0.3, 0.4) is 0 Å². The third-order valence-corrected chi connectivity index (χ3v) is 7.88. The highest BCUT2D eigenvalue weighted by Gasteiger charge is 2.54. The molecule has 2 aromatic carbocycles. The lowest BCUT2D eigenvalue weighted by molar-refractivity contribution is -0.154. The molecule has 4 atom stereocenters. The molecular weight excluding hydrogens is 482 g/mol. The van der Waals surface area contributed by atoms with Crippen LogP contribution in [0.25, 0.3) is 0 Å². The number of ether oxygens (including phenoxy) is 1. The van der Waals surface area contributed by atoms with Crippen LogP contribution in [0.2, 0.25) is 5.02 Å². The first-order valence-electron chi connectivity index (χ1n) is 10.4. The van der Waals surface area contributed by atoms with Crippen LogP contribution in [-0.2, 0) is 14.3 Å². The van der Waals surface area contributed by atoms with Crippen molar-refractivity contribution >= 4 is 50.9 Å². The molecule has 2 aromatic rings. The van der Waals surface area contributed by atoms with Crippen LogP contribution in [0, 0.1) is 30.6 Å². The van der Waals surface area contributed by atoms with E-state index in [-0.39, 0.29) is 23.5 Å². The molecule has 2 bridgehead atoms. The van der Waals surface area contributed by atoms with Crippen molar-refractivity contribution in [1.82, 2.24) is 0 Å². The number of amides is 1. The van der Waals surface area contributed by atoms with E-state index in [0.29, 0.717) is 16.3 Å². The van der Waals surface area contributed by atoms with Crippen LogP contribution in [0.4, 0.5) is 5.69 Å². The fraction of sp³-hybridized carbons (Fsp3) is 0.375. The first-order chi connectivity index (χ1) is 14.9. The zero-order valence-corrected chi connectivity index (χ0v) is 19.4. The van der Waals surface area contributed by atoms with E-state index in [9.17, 15) is 14.4 Å². The van der Waals surface area contributed by atoms with E-state index < -0.39 is 24.4 Å². The van der Waals surface area contributed by atoms with Crippen molar-refractivity contribution in [3.8, 4) is 0 Å². The van der Waals surface area contributed by atoms with Gasteiger partial charge in [-0.05, 0) is 71.6 Å². The van der Waals surface area contributed by atoms with Crippen molar-refractivity contribution in [2.75, 3.05) is 11.9 Å². The number of hydrogen-bond donors (Lipinski definition) is 1. The van der Waals surface area contributed by atoms with Gasteiger partial charge in [0, 0.05) is 21.6 Å². The lowest BCUT2D eigenvalue weighted by atomic mass is 9.75. The molecule has 0 heterocycles. The Morgan fingerprint density at radius 3 is 2.45 bits per heavy atom. The number of hydrogen-bond acceptors (Lipinski definition) is 4. The number of rotatable bonds is 6. The minimum absolute atomic E-state index is 0.000620. The average Bonchev–Trinajstić information content (AvgIpc) is 3.40. The van der Waals surface area contributed by atoms with Crippen molar-refractivity contribution in [1.29, 1.82) is 0 Å². The summed E-state index contributed by atoms with van der Waals surface area (Å²) < 4.78 is 6.11. The molecular formula is C24H23BrClNO4. The average molecular weight is 505 g/mol. The summed E-state index contributed by atoms with van der Waals surface area (Å²) in [5.74, 6) is -1.40. The Labute approximate surface area is 194 Å². The van der Waals surface area contributed by atoms with E-state index in [2.05, 4.69) is 21.2 Å². The highest BCUT2D eigenvalue weighted by atomic mass is 79.9. The third kappa shape index (κ3) is 4.41. The van der Waals surface area contributed by atoms with E-state index in [4.69, 9.17) is 16.3 Å². The summed E-state index contributed by atoms with van der Waals surface area (Å²) in [6.07, 6.45) is 2.75.